The minimum atomic E-state index is -3.29. The summed E-state index contributed by atoms with van der Waals surface area (Å²) in [5, 5.41) is 5.20. The van der Waals surface area contributed by atoms with Gasteiger partial charge >= 0.3 is 11.8 Å². The van der Waals surface area contributed by atoms with Gasteiger partial charge in [-0.1, -0.05) is 18.2 Å². The summed E-state index contributed by atoms with van der Waals surface area (Å²) in [7, 11) is -3.29. The van der Waals surface area contributed by atoms with Crippen LogP contribution in [-0.2, 0) is 19.6 Å². The summed E-state index contributed by atoms with van der Waals surface area (Å²) in [6.45, 7) is 0.901. The van der Waals surface area contributed by atoms with Gasteiger partial charge in [-0.2, -0.15) is 0 Å². The Labute approximate surface area is 153 Å². The lowest BCUT2D eigenvalue weighted by molar-refractivity contribution is -0.136. The average molecular weight is 377 g/mol. The molecule has 1 saturated heterocycles. The molecular weight excluding hydrogens is 354 g/mol. The highest BCUT2D eigenvalue weighted by Gasteiger charge is 2.28. The number of hydrogen-bond donors (Lipinski definition) is 2. The average Bonchev–Trinajstić information content (AvgIpc) is 3.00. The van der Waals surface area contributed by atoms with Crippen LogP contribution < -0.4 is 14.9 Å². The van der Waals surface area contributed by atoms with E-state index in [-0.39, 0.29) is 5.75 Å². The van der Waals surface area contributed by atoms with Crippen LogP contribution in [0.5, 0.6) is 0 Å². The molecule has 2 N–H and O–H groups in total. The van der Waals surface area contributed by atoms with Gasteiger partial charge in [-0.15, -0.1) is 0 Å². The smallest absolute Gasteiger partial charge is 0.313 e. The molecule has 0 bridgehead atoms. The van der Waals surface area contributed by atoms with Crippen molar-refractivity contribution in [2.24, 2.45) is 5.92 Å². The zero-order chi connectivity index (χ0) is 18.6. The van der Waals surface area contributed by atoms with Crippen LogP contribution in [0.15, 0.2) is 36.4 Å². The lowest BCUT2D eigenvalue weighted by atomic mass is 9.94. The third-order valence-electron chi connectivity index (χ3n) is 4.63. The molecule has 140 valence electrons. The number of allylic oxidation sites excluding steroid dienone is 2. The largest absolute Gasteiger partial charge is 0.348 e. The van der Waals surface area contributed by atoms with E-state index < -0.39 is 21.8 Å². The topological polar surface area (TPSA) is 95.6 Å². The van der Waals surface area contributed by atoms with E-state index in [0.717, 1.165) is 19.3 Å². The van der Waals surface area contributed by atoms with Crippen LogP contribution in [0.4, 0.5) is 11.4 Å². The van der Waals surface area contributed by atoms with E-state index in [1.165, 1.54) is 4.31 Å². The lowest BCUT2D eigenvalue weighted by Gasteiger charge is -2.18. The molecule has 1 fully saturated rings. The minimum absolute atomic E-state index is 0.127. The van der Waals surface area contributed by atoms with Crippen molar-refractivity contribution >= 4 is 33.2 Å². The maximum absolute atomic E-state index is 12.1. The summed E-state index contributed by atoms with van der Waals surface area (Å²) in [6.07, 6.45) is 7.71. The van der Waals surface area contributed by atoms with Crippen molar-refractivity contribution in [1.29, 1.82) is 0 Å². The molecule has 0 radical (unpaired) electrons. The number of amides is 2. The Morgan fingerprint density at radius 1 is 1.19 bits per heavy atom. The van der Waals surface area contributed by atoms with Crippen LogP contribution in [0, 0.1) is 5.92 Å². The highest BCUT2D eigenvalue weighted by Crippen LogP contribution is 2.26. The second-order valence-electron chi connectivity index (χ2n) is 6.61. The van der Waals surface area contributed by atoms with Gasteiger partial charge in [0.25, 0.3) is 0 Å². The molecule has 0 aromatic heterocycles. The second-order valence-corrected chi connectivity index (χ2v) is 8.62. The van der Waals surface area contributed by atoms with Crippen molar-refractivity contribution in [3.8, 4) is 0 Å². The van der Waals surface area contributed by atoms with Crippen LogP contribution >= 0.6 is 0 Å². The predicted octanol–water partition coefficient (Wildman–Crippen LogP) is 1.64. The Morgan fingerprint density at radius 3 is 2.73 bits per heavy atom. The van der Waals surface area contributed by atoms with Gasteiger partial charge in [0.05, 0.1) is 11.4 Å². The van der Waals surface area contributed by atoms with Crippen LogP contribution in [0.25, 0.3) is 0 Å². The van der Waals surface area contributed by atoms with Crippen molar-refractivity contribution < 1.29 is 18.0 Å². The van der Waals surface area contributed by atoms with Gasteiger partial charge < -0.3 is 10.6 Å². The quantitative estimate of drug-likeness (QED) is 0.616. The fourth-order valence-corrected chi connectivity index (χ4v) is 4.77. The molecular formula is C18H23N3O4S. The van der Waals surface area contributed by atoms with E-state index in [1.807, 2.05) is 0 Å². The molecule has 7 nitrogen and oxygen atoms in total. The number of carbonyl (C=O) groups is 2. The number of hydrogen-bond acceptors (Lipinski definition) is 4. The first-order chi connectivity index (χ1) is 12.5. The predicted molar refractivity (Wildman–Crippen MR) is 100 cm³/mol. The maximum Gasteiger partial charge on any atom is 0.313 e. The summed E-state index contributed by atoms with van der Waals surface area (Å²) >= 11 is 0. The molecule has 26 heavy (non-hydrogen) atoms. The zero-order valence-corrected chi connectivity index (χ0v) is 15.3. The molecule has 2 aliphatic rings. The second kappa shape index (κ2) is 7.90. The summed E-state index contributed by atoms with van der Waals surface area (Å²) in [6, 6.07) is 6.53. The molecule has 1 aromatic carbocycles. The number of nitrogens with zero attached hydrogens (tertiary/aromatic N) is 1. The molecule has 2 amide bonds. The summed E-state index contributed by atoms with van der Waals surface area (Å²) in [5.41, 5.74) is 0.889. The van der Waals surface area contributed by atoms with Gasteiger partial charge in [0, 0.05) is 18.8 Å². The summed E-state index contributed by atoms with van der Waals surface area (Å²) < 4.78 is 25.4. The van der Waals surface area contributed by atoms with Crippen molar-refractivity contribution in [2.45, 2.75) is 25.7 Å². The van der Waals surface area contributed by atoms with Crippen LogP contribution in [0.2, 0.25) is 0 Å². The first-order valence-electron chi connectivity index (χ1n) is 8.80. The van der Waals surface area contributed by atoms with E-state index in [1.54, 1.807) is 24.3 Å². The number of rotatable bonds is 4. The molecule has 1 aliphatic carbocycles. The molecule has 1 unspecified atom stereocenters. The molecule has 1 atom stereocenters. The third kappa shape index (κ3) is 4.43. The standard InChI is InChI=1S/C18H23N3O4S/c22-17(19-13-14-6-2-1-3-7-14)18(23)20-15-8-4-9-16(12-15)21-10-5-11-26(21,24)25/h1-2,4,8-9,12,14H,3,5-7,10-11,13H2,(H,19,22)(H,20,23). The Kier molecular flexibility index (Phi) is 5.61. The van der Waals surface area contributed by atoms with Crippen LogP contribution in [0.1, 0.15) is 25.7 Å². The van der Waals surface area contributed by atoms with Gasteiger partial charge in [0.1, 0.15) is 0 Å². The molecule has 1 aromatic rings. The minimum Gasteiger partial charge on any atom is -0.348 e. The molecule has 3 rings (SSSR count). The summed E-state index contributed by atoms with van der Waals surface area (Å²) in [5.74, 6) is -0.945. The van der Waals surface area contributed by atoms with Crippen LogP contribution in [-0.4, -0.2) is 39.1 Å². The third-order valence-corrected chi connectivity index (χ3v) is 6.50. The first-order valence-corrected chi connectivity index (χ1v) is 10.4. The number of benzene rings is 1. The maximum atomic E-state index is 12.1. The Morgan fingerprint density at radius 2 is 2.04 bits per heavy atom. The first kappa shape index (κ1) is 18.4. The van der Waals surface area contributed by atoms with E-state index in [4.69, 9.17) is 0 Å². The van der Waals surface area contributed by atoms with E-state index >= 15 is 0 Å². The highest BCUT2D eigenvalue weighted by molar-refractivity contribution is 7.93. The van der Waals surface area contributed by atoms with Crippen molar-refractivity contribution in [1.82, 2.24) is 5.32 Å². The fraction of sp³-hybridized carbons (Fsp3) is 0.444. The molecule has 1 aliphatic heterocycles. The number of anilines is 2. The Hall–Kier alpha value is -2.35. The summed E-state index contributed by atoms with van der Waals surface area (Å²) in [4.78, 5) is 24.1. The van der Waals surface area contributed by atoms with Crippen LogP contribution in [0.3, 0.4) is 0 Å². The molecule has 0 spiro atoms. The van der Waals surface area contributed by atoms with Gasteiger partial charge in [0.15, 0.2) is 0 Å². The fourth-order valence-electron chi connectivity index (χ4n) is 3.22. The van der Waals surface area contributed by atoms with E-state index in [9.17, 15) is 18.0 Å². The molecule has 8 heteroatoms. The normalized spacial score (nSPS) is 21.4. The van der Waals surface area contributed by atoms with E-state index in [0.29, 0.717) is 36.8 Å². The molecule has 0 saturated carbocycles. The van der Waals surface area contributed by atoms with Crippen molar-refractivity contribution in [3.05, 3.63) is 36.4 Å². The van der Waals surface area contributed by atoms with Gasteiger partial charge in [0.2, 0.25) is 10.0 Å². The zero-order valence-electron chi connectivity index (χ0n) is 14.5. The van der Waals surface area contributed by atoms with Gasteiger partial charge in [-0.05, 0) is 49.8 Å². The van der Waals surface area contributed by atoms with Crippen molar-refractivity contribution in [2.75, 3.05) is 28.5 Å². The Bertz CT molecular complexity index is 819. The number of sulfonamides is 1. The number of nitrogens with one attached hydrogen (secondary N) is 2. The SMILES string of the molecule is O=C(NCC1CC=CCC1)C(=O)Nc1cccc(N2CCCS2(=O)=O)c1. The van der Waals surface area contributed by atoms with Crippen molar-refractivity contribution in [3.63, 3.8) is 0 Å². The van der Waals surface area contributed by atoms with E-state index in [2.05, 4.69) is 22.8 Å². The highest BCUT2D eigenvalue weighted by atomic mass is 32.2. The lowest BCUT2D eigenvalue weighted by Crippen LogP contribution is -2.38. The number of carbonyl (C=O) groups excluding carboxylic acids is 2. The van der Waals surface area contributed by atoms with Gasteiger partial charge in [-0.25, -0.2) is 8.42 Å². The van der Waals surface area contributed by atoms with Gasteiger partial charge in [-0.3, -0.25) is 13.9 Å². The molecule has 1 heterocycles. The monoisotopic (exact) mass is 377 g/mol. The Balaban J connectivity index is 1.58.